The Morgan fingerprint density at radius 1 is 1.71 bits per heavy atom. The fraction of sp³-hybridized carbons (Fsp3) is 0.500. The number of terminal acetylenes is 1. The number of carbonyl (C=O) groups is 1. The number of hydrogen-bond acceptors (Lipinski definition) is 3. The van der Waals surface area contributed by atoms with Crippen LogP contribution in [0.2, 0.25) is 0 Å². The predicted molar refractivity (Wildman–Crippen MR) is 65.4 cm³/mol. The van der Waals surface area contributed by atoms with Crippen LogP contribution in [0.15, 0.2) is 12.4 Å². The van der Waals surface area contributed by atoms with Crippen LogP contribution < -0.4 is 4.90 Å². The average Bonchev–Trinajstić information content (AvgIpc) is 2.85. The smallest absolute Gasteiger partial charge is 0.244 e. The molecule has 1 atom stereocenters. The molecule has 2 rings (SSSR count). The maximum atomic E-state index is 12.2. The standard InChI is InChI=1S/C12H16N4O/c1-4-6-14(2)11-5-7-16(12(11)17)10-8-13-15(3)9-10/h1,8-9,11H,5-7H2,2-3H3. The molecule has 1 unspecified atom stereocenters. The Morgan fingerprint density at radius 2 is 2.47 bits per heavy atom. The lowest BCUT2D eigenvalue weighted by molar-refractivity contribution is -0.121. The van der Waals surface area contributed by atoms with Crippen LogP contribution in [-0.2, 0) is 11.8 Å². The van der Waals surface area contributed by atoms with E-state index in [-0.39, 0.29) is 11.9 Å². The summed E-state index contributed by atoms with van der Waals surface area (Å²) >= 11 is 0. The second-order valence-corrected chi connectivity index (χ2v) is 4.29. The van der Waals surface area contributed by atoms with E-state index in [2.05, 4.69) is 11.0 Å². The number of rotatable bonds is 3. The fourth-order valence-corrected chi connectivity index (χ4v) is 2.13. The number of likely N-dealkylation sites (N-methyl/N-ethyl adjacent to an activating group) is 1. The van der Waals surface area contributed by atoms with Crippen LogP contribution in [0.3, 0.4) is 0 Å². The third kappa shape index (κ3) is 2.17. The maximum Gasteiger partial charge on any atom is 0.244 e. The summed E-state index contributed by atoms with van der Waals surface area (Å²) in [5.41, 5.74) is 0.856. The molecule has 0 bridgehead atoms. The molecule has 0 spiro atoms. The number of carbonyl (C=O) groups excluding carboxylic acids is 1. The molecule has 0 N–H and O–H groups in total. The molecule has 1 saturated heterocycles. The zero-order valence-electron chi connectivity index (χ0n) is 10.1. The minimum Gasteiger partial charge on any atom is -0.308 e. The van der Waals surface area contributed by atoms with Crippen LogP contribution in [0, 0.1) is 12.3 Å². The molecule has 0 radical (unpaired) electrons. The molecule has 1 aromatic heterocycles. The van der Waals surface area contributed by atoms with E-state index in [9.17, 15) is 4.79 Å². The van der Waals surface area contributed by atoms with Gasteiger partial charge in [-0.3, -0.25) is 14.4 Å². The summed E-state index contributed by atoms with van der Waals surface area (Å²) in [6.07, 6.45) is 9.63. The van der Waals surface area contributed by atoms with Gasteiger partial charge >= 0.3 is 0 Å². The highest BCUT2D eigenvalue weighted by molar-refractivity contribution is 5.99. The van der Waals surface area contributed by atoms with E-state index < -0.39 is 0 Å². The van der Waals surface area contributed by atoms with Gasteiger partial charge in [0.2, 0.25) is 5.91 Å². The van der Waals surface area contributed by atoms with E-state index in [1.165, 1.54) is 0 Å². The molecule has 1 aliphatic rings. The summed E-state index contributed by atoms with van der Waals surface area (Å²) in [6.45, 7) is 1.22. The van der Waals surface area contributed by atoms with Crippen molar-refractivity contribution < 1.29 is 4.79 Å². The highest BCUT2D eigenvalue weighted by atomic mass is 16.2. The second-order valence-electron chi connectivity index (χ2n) is 4.29. The quantitative estimate of drug-likeness (QED) is 0.694. The van der Waals surface area contributed by atoms with Gasteiger partial charge in [-0.05, 0) is 13.5 Å². The van der Waals surface area contributed by atoms with Crippen molar-refractivity contribution in [3.8, 4) is 12.3 Å². The molecule has 5 heteroatoms. The van der Waals surface area contributed by atoms with Gasteiger partial charge in [0.15, 0.2) is 0 Å². The molecular formula is C12H16N4O. The molecule has 0 aromatic carbocycles. The Kier molecular flexibility index (Phi) is 3.16. The Hall–Kier alpha value is -1.80. The molecule has 2 heterocycles. The molecule has 90 valence electrons. The van der Waals surface area contributed by atoms with Crippen molar-refractivity contribution in [1.82, 2.24) is 14.7 Å². The summed E-state index contributed by atoms with van der Waals surface area (Å²) in [4.78, 5) is 15.9. The topological polar surface area (TPSA) is 41.4 Å². The van der Waals surface area contributed by atoms with Crippen LogP contribution in [0.5, 0.6) is 0 Å². The van der Waals surface area contributed by atoms with Gasteiger partial charge in [0, 0.05) is 19.8 Å². The lowest BCUT2D eigenvalue weighted by Crippen LogP contribution is -2.39. The SMILES string of the molecule is C#CCN(C)C1CCN(c2cnn(C)c2)C1=O. The Morgan fingerprint density at radius 3 is 3.06 bits per heavy atom. The molecule has 1 aliphatic heterocycles. The van der Waals surface area contributed by atoms with Crippen molar-refractivity contribution in [1.29, 1.82) is 0 Å². The predicted octanol–water partition coefficient (Wildman–Crippen LogP) is 0.0904. The first-order chi connectivity index (χ1) is 8.13. The van der Waals surface area contributed by atoms with Crippen LogP contribution >= 0.6 is 0 Å². The highest BCUT2D eigenvalue weighted by Gasteiger charge is 2.35. The first-order valence-electron chi connectivity index (χ1n) is 5.57. The number of hydrogen-bond donors (Lipinski definition) is 0. The largest absolute Gasteiger partial charge is 0.308 e. The van der Waals surface area contributed by atoms with Crippen molar-refractivity contribution in [2.75, 3.05) is 25.0 Å². The Bertz CT molecular complexity index is 459. The monoisotopic (exact) mass is 232 g/mol. The normalized spacial score (nSPS) is 20.0. The van der Waals surface area contributed by atoms with Crippen molar-refractivity contribution in [2.45, 2.75) is 12.5 Å². The van der Waals surface area contributed by atoms with Gasteiger partial charge in [0.1, 0.15) is 0 Å². The van der Waals surface area contributed by atoms with Gasteiger partial charge < -0.3 is 4.90 Å². The average molecular weight is 232 g/mol. The summed E-state index contributed by atoms with van der Waals surface area (Å²) < 4.78 is 1.70. The van der Waals surface area contributed by atoms with Crippen LogP contribution in [0.1, 0.15) is 6.42 Å². The summed E-state index contributed by atoms with van der Waals surface area (Å²) in [6, 6.07) is -0.105. The van der Waals surface area contributed by atoms with Crippen molar-refractivity contribution in [3.63, 3.8) is 0 Å². The number of aryl methyl sites for hydroxylation is 1. The van der Waals surface area contributed by atoms with Gasteiger partial charge in [-0.1, -0.05) is 5.92 Å². The van der Waals surface area contributed by atoms with E-state index in [1.807, 2.05) is 25.2 Å². The number of anilines is 1. The number of nitrogens with zero attached hydrogens (tertiary/aromatic N) is 4. The van der Waals surface area contributed by atoms with E-state index >= 15 is 0 Å². The Balaban J connectivity index is 2.10. The van der Waals surface area contributed by atoms with E-state index in [0.717, 1.165) is 18.7 Å². The fourth-order valence-electron chi connectivity index (χ4n) is 2.13. The van der Waals surface area contributed by atoms with Crippen molar-refractivity contribution in [2.24, 2.45) is 7.05 Å². The minimum absolute atomic E-state index is 0.105. The lowest BCUT2D eigenvalue weighted by atomic mass is 10.2. The molecular weight excluding hydrogens is 216 g/mol. The van der Waals surface area contributed by atoms with Crippen LogP contribution in [0.4, 0.5) is 5.69 Å². The van der Waals surface area contributed by atoms with E-state index in [0.29, 0.717) is 6.54 Å². The van der Waals surface area contributed by atoms with Crippen LogP contribution in [-0.4, -0.2) is 46.8 Å². The molecule has 5 nitrogen and oxygen atoms in total. The lowest BCUT2D eigenvalue weighted by Gasteiger charge is -2.20. The molecule has 1 amide bonds. The minimum atomic E-state index is -0.105. The number of aromatic nitrogens is 2. The molecule has 17 heavy (non-hydrogen) atoms. The molecule has 1 aromatic rings. The molecule has 0 aliphatic carbocycles. The maximum absolute atomic E-state index is 12.2. The first kappa shape index (κ1) is 11.7. The summed E-state index contributed by atoms with van der Waals surface area (Å²) in [5, 5.41) is 4.08. The zero-order chi connectivity index (χ0) is 12.4. The van der Waals surface area contributed by atoms with Gasteiger partial charge in [-0.2, -0.15) is 5.10 Å². The van der Waals surface area contributed by atoms with E-state index in [1.54, 1.807) is 15.8 Å². The van der Waals surface area contributed by atoms with E-state index in [4.69, 9.17) is 6.42 Å². The molecule has 1 fully saturated rings. The third-order valence-corrected chi connectivity index (χ3v) is 3.05. The van der Waals surface area contributed by atoms with Crippen molar-refractivity contribution >= 4 is 11.6 Å². The van der Waals surface area contributed by atoms with Gasteiger partial charge in [-0.15, -0.1) is 6.42 Å². The highest BCUT2D eigenvalue weighted by Crippen LogP contribution is 2.22. The Labute approximate surface area is 101 Å². The van der Waals surface area contributed by atoms with Gasteiger partial charge in [0.25, 0.3) is 0 Å². The van der Waals surface area contributed by atoms with Gasteiger partial charge in [-0.25, -0.2) is 0 Å². The molecule has 0 saturated carbocycles. The zero-order valence-corrected chi connectivity index (χ0v) is 10.1. The summed E-state index contributed by atoms with van der Waals surface area (Å²) in [7, 11) is 3.72. The second kappa shape index (κ2) is 4.60. The van der Waals surface area contributed by atoms with Crippen molar-refractivity contribution in [3.05, 3.63) is 12.4 Å². The van der Waals surface area contributed by atoms with Crippen LogP contribution in [0.25, 0.3) is 0 Å². The summed E-state index contributed by atoms with van der Waals surface area (Å²) in [5.74, 6) is 2.67. The number of amides is 1. The van der Waals surface area contributed by atoms with Gasteiger partial charge in [0.05, 0.1) is 24.5 Å². The third-order valence-electron chi connectivity index (χ3n) is 3.05. The first-order valence-corrected chi connectivity index (χ1v) is 5.57.